The number of aromatic nitrogens is 2. The summed E-state index contributed by atoms with van der Waals surface area (Å²) >= 11 is 5.94. The van der Waals surface area contributed by atoms with E-state index in [4.69, 9.17) is 21.7 Å². The van der Waals surface area contributed by atoms with Crippen LogP contribution >= 0.6 is 12.2 Å². The van der Waals surface area contributed by atoms with Crippen molar-refractivity contribution in [3.63, 3.8) is 0 Å². The molecule has 0 radical (unpaired) electrons. The number of esters is 1. The van der Waals surface area contributed by atoms with E-state index >= 15 is 0 Å². The highest BCUT2D eigenvalue weighted by atomic mass is 32.1. The minimum Gasteiger partial charge on any atom is -0.484 e. The Labute approximate surface area is 272 Å². The summed E-state index contributed by atoms with van der Waals surface area (Å²) in [6.07, 6.45) is 1.78. The quantitative estimate of drug-likeness (QED) is 0.141. The first-order valence-electron chi connectivity index (χ1n) is 14.8. The number of carbonyl (C=O) groups is 2. The van der Waals surface area contributed by atoms with Gasteiger partial charge in [0.1, 0.15) is 5.75 Å². The largest absolute Gasteiger partial charge is 0.484 e. The third kappa shape index (κ3) is 6.20. The average molecular weight is 632 g/mol. The fraction of sp³-hybridized carbons (Fsp3) is 0.167. The van der Waals surface area contributed by atoms with Crippen LogP contribution in [0.3, 0.4) is 0 Å². The second-order valence-electron chi connectivity index (χ2n) is 10.9. The van der Waals surface area contributed by atoms with Crippen LogP contribution < -0.4 is 20.3 Å². The highest BCUT2D eigenvalue weighted by molar-refractivity contribution is 7.80. The summed E-state index contributed by atoms with van der Waals surface area (Å²) in [5.41, 5.74) is 6.95. The molecule has 2 aromatic heterocycles. The minimum atomic E-state index is -0.376. The number of nitrogens with zero attached hydrogens (tertiary/aromatic N) is 3. The predicted octanol–water partition coefficient (Wildman–Crippen LogP) is 6.47. The van der Waals surface area contributed by atoms with Crippen LogP contribution in [-0.2, 0) is 9.53 Å². The molecule has 46 heavy (non-hydrogen) atoms. The number of methoxy groups -OCH3 is 1. The summed E-state index contributed by atoms with van der Waals surface area (Å²) in [6.45, 7) is 4.05. The van der Waals surface area contributed by atoms with E-state index in [1.165, 1.54) is 7.11 Å². The van der Waals surface area contributed by atoms with Crippen molar-refractivity contribution in [2.24, 2.45) is 0 Å². The number of rotatable bonds is 9. The third-order valence-corrected chi connectivity index (χ3v) is 8.29. The number of nitrogens with one attached hydrogen (secondary N) is 2. The van der Waals surface area contributed by atoms with Crippen LogP contribution in [0.1, 0.15) is 45.1 Å². The van der Waals surface area contributed by atoms with Gasteiger partial charge in [-0.25, -0.2) is 4.79 Å². The fourth-order valence-electron chi connectivity index (χ4n) is 5.87. The summed E-state index contributed by atoms with van der Waals surface area (Å²) in [5, 5.41) is 6.98. The van der Waals surface area contributed by atoms with Gasteiger partial charge < -0.3 is 29.6 Å². The number of thiocarbonyl (C=S) groups is 1. The van der Waals surface area contributed by atoms with Crippen molar-refractivity contribution in [3.05, 3.63) is 138 Å². The van der Waals surface area contributed by atoms with E-state index < -0.39 is 0 Å². The molecule has 6 rings (SSSR count). The van der Waals surface area contributed by atoms with Crippen LogP contribution in [0.4, 0.5) is 11.4 Å². The Bertz CT molecular complexity index is 1860. The van der Waals surface area contributed by atoms with Crippen molar-refractivity contribution in [1.29, 1.82) is 0 Å². The van der Waals surface area contributed by atoms with Gasteiger partial charge in [0, 0.05) is 34.6 Å². The van der Waals surface area contributed by atoms with Crippen molar-refractivity contribution in [2.75, 3.05) is 23.9 Å². The lowest BCUT2D eigenvalue weighted by atomic mass is 9.96. The zero-order valence-electron chi connectivity index (χ0n) is 25.6. The number of aryl methyl sites for hydroxylation is 1. The van der Waals surface area contributed by atoms with Gasteiger partial charge in [0.25, 0.3) is 5.91 Å². The molecule has 1 fully saturated rings. The molecule has 1 saturated heterocycles. The van der Waals surface area contributed by atoms with Gasteiger partial charge in [-0.15, -0.1) is 0 Å². The van der Waals surface area contributed by atoms with Gasteiger partial charge in [0.05, 0.1) is 30.5 Å². The van der Waals surface area contributed by atoms with E-state index in [9.17, 15) is 9.59 Å². The maximum absolute atomic E-state index is 12.6. The first-order chi connectivity index (χ1) is 22.3. The van der Waals surface area contributed by atoms with Crippen molar-refractivity contribution < 1.29 is 19.1 Å². The molecular formula is C36H33N5O4S. The highest BCUT2D eigenvalue weighted by Gasteiger charge is 2.42. The number of amides is 1. The second-order valence-corrected chi connectivity index (χ2v) is 11.3. The van der Waals surface area contributed by atoms with Crippen LogP contribution in [0.2, 0.25) is 0 Å². The monoisotopic (exact) mass is 631 g/mol. The van der Waals surface area contributed by atoms with E-state index in [0.717, 1.165) is 34.0 Å². The van der Waals surface area contributed by atoms with Gasteiger partial charge in [-0.2, -0.15) is 0 Å². The number of pyridine rings is 1. The molecule has 5 aromatic rings. The predicted molar refractivity (Wildman–Crippen MR) is 182 cm³/mol. The number of anilines is 2. The molecule has 2 N–H and O–H groups in total. The Morgan fingerprint density at radius 2 is 1.61 bits per heavy atom. The lowest BCUT2D eigenvalue weighted by Gasteiger charge is -2.28. The van der Waals surface area contributed by atoms with E-state index in [0.29, 0.717) is 22.1 Å². The lowest BCUT2D eigenvalue weighted by Crippen LogP contribution is -2.29. The summed E-state index contributed by atoms with van der Waals surface area (Å²) in [4.78, 5) is 31.4. The van der Waals surface area contributed by atoms with Gasteiger partial charge in [-0.3, -0.25) is 9.78 Å². The van der Waals surface area contributed by atoms with Gasteiger partial charge in [-0.1, -0.05) is 24.3 Å². The third-order valence-electron chi connectivity index (χ3n) is 7.98. The summed E-state index contributed by atoms with van der Waals surface area (Å²) in [5.74, 6) is 0.00269. The minimum absolute atomic E-state index is 0.0965. The summed E-state index contributed by atoms with van der Waals surface area (Å²) in [7, 11) is 1.37. The zero-order chi connectivity index (χ0) is 32.2. The van der Waals surface area contributed by atoms with E-state index in [2.05, 4.69) is 45.0 Å². The van der Waals surface area contributed by atoms with Crippen LogP contribution in [0.5, 0.6) is 5.75 Å². The first kappa shape index (κ1) is 30.5. The van der Waals surface area contributed by atoms with E-state index in [-0.39, 0.29) is 30.6 Å². The van der Waals surface area contributed by atoms with Crippen molar-refractivity contribution in [2.45, 2.75) is 25.9 Å². The molecule has 232 valence electrons. The van der Waals surface area contributed by atoms with E-state index in [1.807, 2.05) is 84.9 Å². The van der Waals surface area contributed by atoms with Gasteiger partial charge in [-0.05, 0) is 110 Å². The smallest absolute Gasteiger partial charge is 0.337 e. The van der Waals surface area contributed by atoms with Gasteiger partial charge >= 0.3 is 5.97 Å². The number of para-hydroxylation sites is 1. The molecule has 10 heteroatoms. The number of benzene rings is 3. The molecule has 1 amide bonds. The zero-order valence-corrected chi connectivity index (χ0v) is 26.5. The van der Waals surface area contributed by atoms with Crippen LogP contribution in [0.15, 0.2) is 109 Å². The molecule has 3 aromatic carbocycles. The summed E-state index contributed by atoms with van der Waals surface area (Å²) in [6, 6.07) is 31.8. The molecule has 0 unspecified atom stereocenters. The van der Waals surface area contributed by atoms with Crippen LogP contribution in [-0.4, -0.2) is 40.3 Å². The normalized spacial score (nSPS) is 15.7. The van der Waals surface area contributed by atoms with Gasteiger partial charge in [0.2, 0.25) is 0 Å². The Morgan fingerprint density at radius 3 is 2.28 bits per heavy atom. The van der Waals surface area contributed by atoms with Crippen molar-refractivity contribution in [3.8, 4) is 11.4 Å². The summed E-state index contributed by atoms with van der Waals surface area (Å²) < 4.78 is 12.6. The molecule has 3 heterocycles. The maximum Gasteiger partial charge on any atom is 0.337 e. The molecular weight excluding hydrogens is 598 g/mol. The number of ether oxygens (including phenoxy) is 2. The molecule has 0 bridgehead atoms. The number of hydrogen-bond donors (Lipinski definition) is 2. The first-order valence-corrected chi connectivity index (χ1v) is 15.2. The SMILES string of the molecule is COC(=O)c1ccc(-n2c(C)cc([C@@H]3[C@@H](c4ccccn4)NC(=S)N3c3ccc(NC(=O)COc4ccccc4)cc3)c2C)cc1. The number of carbonyl (C=O) groups excluding carboxylic acids is 2. The molecule has 1 aliphatic rings. The Morgan fingerprint density at radius 1 is 0.913 bits per heavy atom. The lowest BCUT2D eigenvalue weighted by molar-refractivity contribution is -0.118. The topological polar surface area (TPSA) is 97.7 Å². The van der Waals surface area contributed by atoms with Crippen LogP contribution in [0.25, 0.3) is 5.69 Å². The Balaban J connectivity index is 1.30. The Kier molecular flexibility index (Phi) is 8.80. The Hall–Kier alpha value is -5.48. The van der Waals surface area contributed by atoms with Crippen LogP contribution in [0, 0.1) is 13.8 Å². The van der Waals surface area contributed by atoms with Crippen molar-refractivity contribution >= 4 is 40.6 Å². The maximum atomic E-state index is 12.6. The fourth-order valence-corrected chi connectivity index (χ4v) is 6.21. The molecule has 2 atom stereocenters. The second kappa shape index (κ2) is 13.3. The van der Waals surface area contributed by atoms with Gasteiger partial charge in [0.15, 0.2) is 11.7 Å². The molecule has 0 aliphatic carbocycles. The molecule has 9 nitrogen and oxygen atoms in total. The average Bonchev–Trinajstić information content (AvgIpc) is 3.59. The van der Waals surface area contributed by atoms with Crippen molar-refractivity contribution in [1.82, 2.24) is 14.9 Å². The molecule has 1 aliphatic heterocycles. The standard InChI is InChI=1S/C36H33N5O4S/c1-23-21-30(24(2)40(23)27-16-12-25(13-17-27)35(43)44-3)34-33(31-11-7-8-20-37-31)39-36(46)41(34)28-18-14-26(15-19-28)38-32(42)22-45-29-9-5-4-6-10-29/h4-21,33-34H,22H2,1-3H3,(H,38,42)(H,39,46)/t33-,34-/m1/s1. The van der Waals surface area contributed by atoms with E-state index in [1.54, 1.807) is 18.3 Å². The molecule has 0 saturated carbocycles. The highest BCUT2D eigenvalue weighted by Crippen LogP contribution is 2.44. The molecule has 0 spiro atoms. The number of hydrogen-bond acceptors (Lipinski definition) is 6.